The molecule has 1 saturated carbocycles. The summed E-state index contributed by atoms with van der Waals surface area (Å²) in [6.07, 6.45) is 8.95. The molecule has 84 valence electrons. The van der Waals surface area contributed by atoms with E-state index in [4.69, 9.17) is 5.11 Å². The number of hydrogen-bond acceptors (Lipinski definition) is 2. The molecule has 0 aromatic carbocycles. The minimum Gasteiger partial charge on any atom is -0.393 e. The van der Waals surface area contributed by atoms with Gasteiger partial charge in [-0.15, -0.1) is 0 Å². The second-order valence-corrected chi connectivity index (χ2v) is 4.76. The maximum Gasteiger partial charge on any atom is 0.0512 e. The van der Waals surface area contributed by atoms with E-state index in [-0.39, 0.29) is 6.10 Å². The molecule has 0 radical (unpaired) electrons. The van der Waals surface area contributed by atoms with Gasteiger partial charge in [-0.2, -0.15) is 0 Å². The summed E-state index contributed by atoms with van der Waals surface area (Å²) in [5.74, 6) is 0. The van der Waals surface area contributed by atoms with Crippen molar-refractivity contribution < 1.29 is 5.11 Å². The molecular weight excluding hydrogens is 174 g/mol. The third-order valence-corrected chi connectivity index (χ3v) is 3.33. The van der Waals surface area contributed by atoms with Gasteiger partial charge in [-0.25, -0.2) is 0 Å². The molecule has 0 aromatic heterocycles. The Morgan fingerprint density at radius 2 is 1.93 bits per heavy atom. The minimum absolute atomic E-state index is 0.130. The zero-order valence-electron chi connectivity index (χ0n) is 9.71. The topological polar surface area (TPSA) is 23.5 Å². The summed E-state index contributed by atoms with van der Waals surface area (Å²) in [4.78, 5) is 2.49. The molecule has 1 rings (SSSR count). The lowest BCUT2D eigenvalue weighted by molar-refractivity contribution is 0.155. The summed E-state index contributed by atoms with van der Waals surface area (Å²) < 4.78 is 0. The number of hydrogen-bond donors (Lipinski definition) is 1. The third-order valence-electron chi connectivity index (χ3n) is 3.33. The first-order valence-electron chi connectivity index (χ1n) is 6.08. The van der Waals surface area contributed by atoms with Crippen LogP contribution < -0.4 is 0 Å². The average molecular weight is 199 g/mol. The van der Waals surface area contributed by atoms with Gasteiger partial charge in [-0.1, -0.05) is 19.3 Å². The van der Waals surface area contributed by atoms with Crippen LogP contribution in [-0.2, 0) is 0 Å². The summed E-state index contributed by atoms with van der Waals surface area (Å²) >= 11 is 0. The Hall–Kier alpha value is -0.0800. The predicted octanol–water partition coefficient (Wildman–Crippen LogP) is 2.41. The van der Waals surface area contributed by atoms with Crippen molar-refractivity contribution in [3.63, 3.8) is 0 Å². The summed E-state index contributed by atoms with van der Waals surface area (Å²) in [5, 5.41) is 9.16. The largest absolute Gasteiger partial charge is 0.393 e. The Bertz CT molecular complexity index is 141. The minimum atomic E-state index is -0.130. The smallest absolute Gasteiger partial charge is 0.0512 e. The lowest BCUT2D eigenvalue weighted by Crippen LogP contribution is -2.34. The summed E-state index contributed by atoms with van der Waals surface area (Å²) in [6.45, 7) is 3.02. The highest BCUT2D eigenvalue weighted by atomic mass is 16.3. The van der Waals surface area contributed by atoms with Crippen molar-refractivity contribution in [1.29, 1.82) is 0 Å². The second-order valence-electron chi connectivity index (χ2n) is 4.76. The SMILES string of the molecule is CC(O)CCCN(C)C1CCCCC1. The van der Waals surface area contributed by atoms with Crippen molar-refractivity contribution in [1.82, 2.24) is 4.90 Å². The second kappa shape index (κ2) is 6.41. The van der Waals surface area contributed by atoms with Gasteiger partial charge in [0.25, 0.3) is 0 Å². The molecule has 0 spiro atoms. The number of aliphatic hydroxyl groups is 1. The number of aliphatic hydroxyl groups excluding tert-OH is 1. The van der Waals surface area contributed by atoms with Gasteiger partial charge < -0.3 is 10.0 Å². The lowest BCUT2D eigenvalue weighted by Gasteiger charge is -2.31. The fourth-order valence-corrected chi connectivity index (χ4v) is 2.34. The van der Waals surface area contributed by atoms with Crippen molar-refractivity contribution >= 4 is 0 Å². The van der Waals surface area contributed by atoms with E-state index >= 15 is 0 Å². The van der Waals surface area contributed by atoms with E-state index in [0.29, 0.717) is 0 Å². The van der Waals surface area contributed by atoms with Crippen molar-refractivity contribution in [3.05, 3.63) is 0 Å². The highest BCUT2D eigenvalue weighted by Gasteiger charge is 2.17. The van der Waals surface area contributed by atoms with E-state index in [1.165, 1.54) is 32.1 Å². The van der Waals surface area contributed by atoms with Crippen LogP contribution >= 0.6 is 0 Å². The summed E-state index contributed by atoms with van der Waals surface area (Å²) in [7, 11) is 2.23. The molecule has 1 atom stereocenters. The van der Waals surface area contributed by atoms with Crippen LogP contribution in [0.3, 0.4) is 0 Å². The monoisotopic (exact) mass is 199 g/mol. The fraction of sp³-hybridized carbons (Fsp3) is 1.00. The van der Waals surface area contributed by atoms with E-state index in [9.17, 15) is 0 Å². The van der Waals surface area contributed by atoms with Crippen LogP contribution in [0.5, 0.6) is 0 Å². The first kappa shape index (κ1) is 12.0. The molecule has 1 unspecified atom stereocenters. The van der Waals surface area contributed by atoms with Gasteiger partial charge in [-0.3, -0.25) is 0 Å². The molecule has 2 nitrogen and oxygen atoms in total. The summed E-state index contributed by atoms with van der Waals surface area (Å²) in [5.41, 5.74) is 0. The molecular formula is C12H25NO. The van der Waals surface area contributed by atoms with Gasteiger partial charge >= 0.3 is 0 Å². The van der Waals surface area contributed by atoms with Crippen LogP contribution in [0, 0.1) is 0 Å². The zero-order valence-corrected chi connectivity index (χ0v) is 9.71. The standard InChI is InChI=1S/C12H25NO/c1-11(14)7-6-10-13(2)12-8-4-3-5-9-12/h11-12,14H,3-10H2,1-2H3. The Morgan fingerprint density at radius 1 is 1.29 bits per heavy atom. The fourth-order valence-electron chi connectivity index (χ4n) is 2.34. The van der Waals surface area contributed by atoms with Crippen molar-refractivity contribution in [3.8, 4) is 0 Å². The van der Waals surface area contributed by atoms with Gasteiger partial charge in [0.15, 0.2) is 0 Å². The molecule has 0 aliphatic heterocycles. The first-order chi connectivity index (χ1) is 6.70. The predicted molar refractivity (Wildman–Crippen MR) is 60.4 cm³/mol. The van der Waals surface area contributed by atoms with Crippen molar-refractivity contribution in [2.45, 2.75) is 64.0 Å². The van der Waals surface area contributed by atoms with E-state index in [2.05, 4.69) is 11.9 Å². The van der Waals surface area contributed by atoms with Crippen LogP contribution in [0.15, 0.2) is 0 Å². The van der Waals surface area contributed by atoms with E-state index in [0.717, 1.165) is 25.4 Å². The van der Waals surface area contributed by atoms with Crippen LogP contribution in [0.4, 0.5) is 0 Å². The lowest BCUT2D eigenvalue weighted by atomic mass is 9.94. The van der Waals surface area contributed by atoms with E-state index in [1.54, 1.807) is 0 Å². The molecule has 1 fully saturated rings. The highest BCUT2D eigenvalue weighted by molar-refractivity contribution is 4.73. The quantitative estimate of drug-likeness (QED) is 0.735. The molecule has 1 aliphatic carbocycles. The normalized spacial score (nSPS) is 21.4. The molecule has 0 bridgehead atoms. The van der Waals surface area contributed by atoms with Gasteiger partial charge in [0.05, 0.1) is 6.10 Å². The molecule has 1 N–H and O–H groups in total. The van der Waals surface area contributed by atoms with Crippen molar-refractivity contribution in [2.24, 2.45) is 0 Å². The Kier molecular flexibility index (Phi) is 5.49. The maximum absolute atomic E-state index is 9.16. The number of nitrogens with zero attached hydrogens (tertiary/aromatic N) is 1. The molecule has 1 aliphatic rings. The van der Waals surface area contributed by atoms with Crippen LogP contribution in [0.25, 0.3) is 0 Å². The average Bonchev–Trinajstić information content (AvgIpc) is 2.18. The third kappa shape index (κ3) is 4.43. The molecule has 0 amide bonds. The molecule has 0 saturated heterocycles. The van der Waals surface area contributed by atoms with Gasteiger partial charge in [0, 0.05) is 6.04 Å². The van der Waals surface area contributed by atoms with Crippen LogP contribution in [0.1, 0.15) is 51.9 Å². The Balaban J connectivity index is 2.10. The van der Waals surface area contributed by atoms with Crippen LogP contribution in [-0.4, -0.2) is 35.7 Å². The molecule has 0 aromatic rings. The first-order valence-corrected chi connectivity index (χ1v) is 6.08. The van der Waals surface area contributed by atoms with Crippen molar-refractivity contribution in [2.75, 3.05) is 13.6 Å². The molecule has 14 heavy (non-hydrogen) atoms. The molecule has 2 heteroatoms. The van der Waals surface area contributed by atoms with Gasteiger partial charge in [0.1, 0.15) is 0 Å². The summed E-state index contributed by atoms with van der Waals surface area (Å²) in [6, 6.07) is 0.817. The maximum atomic E-state index is 9.16. The molecule has 0 heterocycles. The number of rotatable bonds is 5. The van der Waals surface area contributed by atoms with Crippen LogP contribution in [0.2, 0.25) is 0 Å². The Morgan fingerprint density at radius 3 is 2.50 bits per heavy atom. The highest BCUT2D eigenvalue weighted by Crippen LogP contribution is 2.21. The van der Waals surface area contributed by atoms with E-state index < -0.39 is 0 Å². The van der Waals surface area contributed by atoms with Gasteiger partial charge in [-0.05, 0) is 46.2 Å². The van der Waals surface area contributed by atoms with Gasteiger partial charge in [0.2, 0.25) is 0 Å². The van der Waals surface area contributed by atoms with E-state index in [1.807, 2.05) is 6.92 Å². The zero-order chi connectivity index (χ0) is 10.4. The Labute approximate surface area is 88.3 Å².